The number of imide groups is 1. The van der Waals surface area contributed by atoms with Crippen LogP contribution in [0.2, 0.25) is 0 Å². The summed E-state index contributed by atoms with van der Waals surface area (Å²) in [5, 5.41) is 2.84. The second-order valence-corrected chi connectivity index (χ2v) is 8.99. The van der Waals surface area contributed by atoms with Gasteiger partial charge in [-0.3, -0.25) is 24.2 Å². The first kappa shape index (κ1) is 22.8. The Labute approximate surface area is 204 Å². The number of nitrogens with one attached hydrogen (secondary N) is 1. The SMILES string of the molecule is CC(C(=O)Nc1ccc(N2CCN(Cc3ccccc3)CC2)cc1)N1C(=O)c2ccccc2C1=O. The van der Waals surface area contributed by atoms with Gasteiger partial charge in [0.15, 0.2) is 0 Å². The Morgan fingerprint density at radius 2 is 1.37 bits per heavy atom. The molecule has 1 N–H and O–H groups in total. The van der Waals surface area contributed by atoms with Crippen molar-refractivity contribution in [3.8, 4) is 0 Å². The lowest BCUT2D eigenvalue weighted by molar-refractivity contribution is -0.119. The minimum absolute atomic E-state index is 0.338. The van der Waals surface area contributed by atoms with Crippen LogP contribution in [0.4, 0.5) is 11.4 Å². The van der Waals surface area contributed by atoms with Gasteiger partial charge in [0.05, 0.1) is 11.1 Å². The number of carbonyl (C=O) groups is 3. The molecule has 0 spiro atoms. The Bertz CT molecular complexity index is 1200. The highest BCUT2D eigenvalue weighted by molar-refractivity contribution is 6.23. The van der Waals surface area contributed by atoms with Gasteiger partial charge in [-0.05, 0) is 48.9 Å². The van der Waals surface area contributed by atoms with E-state index in [-0.39, 0.29) is 0 Å². The fraction of sp³-hybridized carbons (Fsp3) is 0.250. The molecule has 2 aliphatic rings. The zero-order valence-corrected chi connectivity index (χ0v) is 19.7. The van der Waals surface area contributed by atoms with E-state index in [0.717, 1.165) is 43.3 Å². The molecule has 7 heteroatoms. The van der Waals surface area contributed by atoms with Crippen molar-refractivity contribution >= 4 is 29.1 Å². The van der Waals surface area contributed by atoms with E-state index in [2.05, 4.69) is 39.4 Å². The van der Waals surface area contributed by atoms with E-state index in [4.69, 9.17) is 0 Å². The summed E-state index contributed by atoms with van der Waals surface area (Å²) in [6.45, 7) is 6.40. The summed E-state index contributed by atoms with van der Waals surface area (Å²) in [4.78, 5) is 44.0. The summed E-state index contributed by atoms with van der Waals surface area (Å²) in [5.74, 6) is -1.27. The Morgan fingerprint density at radius 1 is 0.800 bits per heavy atom. The number of nitrogens with zero attached hydrogens (tertiary/aromatic N) is 3. The predicted octanol–water partition coefficient (Wildman–Crippen LogP) is 3.63. The second kappa shape index (κ2) is 9.72. The molecular formula is C28H28N4O3. The van der Waals surface area contributed by atoms with Crippen molar-refractivity contribution in [1.29, 1.82) is 0 Å². The fourth-order valence-corrected chi connectivity index (χ4v) is 4.68. The lowest BCUT2D eigenvalue weighted by Crippen LogP contribution is -2.46. The van der Waals surface area contributed by atoms with Gasteiger partial charge >= 0.3 is 0 Å². The zero-order valence-electron chi connectivity index (χ0n) is 19.7. The van der Waals surface area contributed by atoms with Crippen molar-refractivity contribution < 1.29 is 14.4 Å². The van der Waals surface area contributed by atoms with Gasteiger partial charge in [-0.15, -0.1) is 0 Å². The second-order valence-electron chi connectivity index (χ2n) is 8.99. The summed E-state index contributed by atoms with van der Waals surface area (Å²) >= 11 is 0. The van der Waals surface area contributed by atoms with Crippen molar-refractivity contribution in [1.82, 2.24) is 9.80 Å². The molecule has 0 saturated carbocycles. The third-order valence-corrected chi connectivity index (χ3v) is 6.71. The number of rotatable bonds is 6. The molecule has 3 aromatic rings. The minimum Gasteiger partial charge on any atom is -0.369 e. The quantitative estimate of drug-likeness (QED) is 0.560. The van der Waals surface area contributed by atoms with Gasteiger partial charge in [0.1, 0.15) is 6.04 Å². The van der Waals surface area contributed by atoms with Crippen LogP contribution in [0.25, 0.3) is 0 Å². The van der Waals surface area contributed by atoms with E-state index >= 15 is 0 Å². The molecule has 178 valence electrons. The lowest BCUT2D eigenvalue weighted by Gasteiger charge is -2.36. The number of hydrogen-bond donors (Lipinski definition) is 1. The highest BCUT2D eigenvalue weighted by Crippen LogP contribution is 2.25. The number of anilines is 2. The summed E-state index contributed by atoms with van der Waals surface area (Å²) in [6.07, 6.45) is 0. The first-order valence-electron chi connectivity index (χ1n) is 11.9. The van der Waals surface area contributed by atoms with Crippen molar-refractivity contribution in [3.63, 3.8) is 0 Å². The monoisotopic (exact) mass is 468 g/mol. The molecule has 7 nitrogen and oxygen atoms in total. The first-order valence-corrected chi connectivity index (χ1v) is 11.9. The van der Waals surface area contributed by atoms with Gasteiger partial charge in [-0.25, -0.2) is 0 Å². The van der Waals surface area contributed by atoms with Crippen LogP contribution in [-0.2, 0) is 11.3 Å². The van der Waals surface area contributed by atoms with Crippen molar-refractivity contribution in [3.05, 3.63) is 95.6 Å². The van der Waals surface area contributed by atoms with Crippen molar-refractivity contribution in [2.45, 2.75) is 19.5 Å². The highest BCUT2D eigenvalue weighted by Gasteiger charge is 2.40. The van der Waals surface area contributed by atoms with E-state index in [1.807, 2.05) is 30.3 Å². The van der Waals surface area contributed by atoms with Gasteiger partial charge in [-0.2, -0.15) is 0 Å². The first-order chi connectivity index (χ1) is 17.0. The van der Waals surface area contributed by atoms with E-state index in [1.165, 1.54) is 5.56 Å². The van der Waals surface area contributed by atoms with E-state index in [0.29, 0.717) is 16.8 Å². The summed E-state index contributed by atoms with van der Waals surface area (Å²) in [6, 6.07) is 24.0. The van der Waals surface area contributed by atoms with Crippen LogP contribution in [0.3, 0.4) is 0 Å². The van der Waals surface area contributed by atoms with Gasteiger partial charge < -0.3 is 10.2 Å². The molecule has 3 amide bonds. The summed E-state index contributed by atoms with van der Waals surface area (Å²) in [7, 11) is 0. The minimum atomic E-state index is -0.917. The topological polar surface area (TPSA) is 73.0 Å². The lowest BCUT2D eigenvalue weighted by atomic mass is 10.1. The van der Waals surface area contributed by atoms with Gasteiger partial charge in [0.2, 0.25) is 5.91 Å². The number of piperazine rings is 1. The molecule has 1 unspecified atom stereocenters. The van der Waals surface area contributed by atoms with Crippen LogP contribution < -0.4 is 10.2 Å². The molecule has 0 radical (unpaired) electrons. The number of benzene rings is 3. The maximum atomic E-state index is 12.8. The highest BCUT2D eigenvalue weighted by atomic mass is 16.2. The standard InChI is InChI=1S/C28H28N4O3/c1-20(32-27(34)24-9-5-6-10-25(24)28(32)35)26(33)29-22-11-13-23(14-12-22)31-17-15-30(16-18-31)19-21-7-3-2-4-8-21/h2-14,20H,15-19H2,1H3,(H,29,33). The molecule has 0 bridgehead atoms. The van der Waals surface area contributed by atoms with Gasteiger partial charge in [0, 0.05) is 44.1 Å². The fourth-order valence-electron chi connectivity index (χ4n) is 4.68. The van der Waals surface area contributed by atoms with Crippen molar-refractivity contribution in [2.24, 2.45) is 0 Å². The molecule has 2 heterocycles. The molecule has 3 aromatic carbocycles. The maximum Gasteiger partial charge on any atom is 0.262 e. The normalized spacial score (nSPS) is 16.8. The summed E-state index contributed by atoms with van der Waals surface area (Å²) in [5.41, 5.74) is 3.74. The van der Waals surface area contributed by atoms with Gasteiger partial charge in [0.25, 0.3) is 11.8 Å². The van der Waals surface area contributed by atoms with Gasteiger partial charge in [-0.1, -0.05) is 42.5 Å². The number of fused-ring (bicyclic) bond motifs is 1. The van der Waals surface area contributed by atoms with Crippen LogP contribution in [0.5, 0.6) is 0 Å². The predicted molar refractivity (Wildman–Crippen MR) is 135 cm³/mol. The smallest absolute Gasteiger partial charge is 0.262 e. The zero-order chi connectivity index (χ0) is 24.4. The Balaban J connectivity index is 1.16. The Hall–Kier alpha value is -3.97. The Kier molecular flexibility index (Phi) is 6.33. The molecule has 2 aliphatic heterocycles. The third-order valence-electron chi connectivity index (χ3n) is 6.71. The third kappa shape index (κ3) is 4.68. The summed E-state index contributed by atoms with van der Waals surface area (Å²) < 4.78 is 0. The molecule has 1 fully saturated rings. The molecule has 0 aliphatic carbocycles. The molecule has 1 atom stereocenters. The average Bonchev–Trinajstić information content (AvgIpc) is 3.15. The molecule has 1 saturated heterocycles. The number of carbonyl (C=O) groups excluding carboxylic acids is 3. The largest absolute Gasteiger partial charge is 0.369 e. The van der Waals surface area contributed by atoms with E-state index < -0.39 is 23.8 Å². The molecule has 5 rings (SSSR count). The molecule has 35 heavy (non-hydrogen) atoms. The van der Waals surface area contributed by atoms with E-state index in [1.54, 1.807) is 31.2 Å². The number of hydrogen-bond acceptors (Lipinski definition) is 5. The average molecular weight is 469 g/mol. The molecule has 0 aromatic heterocycles. The maximum absolute atomic E-state index is 12.8. The number of amides is 3. The van der Waals surface area contributed by atoms with Crippen LogP contribution in [0.1, 0.15) is 33.2 Å². The van der Waals surface area contributed by atoms with Crippen LogP contribution in [0, 0.1) is 0 Å². The van der Waals surface area contributed by atoms with Crippen LogP contribution in [-0.4, -0.2) is 59.7 Å². The molecular weight excluding hydrogens is 440 g/mol. The Morgan fingerprint density at radius 3 is 1.97 bits per heavy atom. The van der Waals surface area contributed by atoms with Crippen LogP contribution >= 0.6 is 0 Å². The van der Waals surface area contributed by atoms with E-state index in [9.17, 15) is 14.4 Å². The van der Waals surface area contributed by atoms with Crippen molar-refractivity contribution in [2.75, 3.05) is 36.4 Å². The van der Waals surface area contributed by atoms with Crippen LogP contribution in [0.15, 0.2) is 78.9 Å².